The molecule has 0 fully saturated rings. The second-order valence-electron chi connectivity index (χ2n) is 20.3. The van der Waals surface area contributed by atoms with E-state index in [0.717, 1.165) is 70.6 Å². The van der Waals surface area contributed by atoms with Crippen LogP contribution < -0.4 is 0 Å². The normalized spacial score (nSPS) is 12.3. The molecule has 69 heavy (non-hydrogen) atoms. The van der Waals surface area contributed by atoms with Crippen LogP contribution in [0.1, 0.15) is 316 Å². The molecule has 0 aromatic rings. The van der Waals surface area contributed by atoms with Gasteiger partial charge in [0, 0.05) is 19.3 Å². The van der Waals surface area contributed by atoms with E-state index in [0.29, 0.717) is 19.3 Å². The summed E-state index contributed by atoms with van der Waals surface area (Å²) < 4.78 is 16.8. The predicted molar refractivity (Wildman–Crippen MR) is 298 cm³/mol. The third kappa shape index (κ3) is 56.2. The summed E-state index contributed by atoms with van der Waals surface area (Å²) in [6.07, 6.45) is 71.2. The fraction of sp³-hybridized carbons (Fsp3) is 0.825. The first-order valence-electron chi connectivity index (χ1n) is 30.1. The van der Waals surface area contributed by atoms with Gasteiger partial charge in [-0.2, -0.15) is 0 Å². The molecule has 0 heterocycles. The molecular weight excluding hydrogens is 853 g/mol. The Bertz CT molecular complexity index is 1200. The van der Waals surface area contributed by atoms with Gasteiger partial charge in [-0.1, -0.05) is 268 Å². The van der Waals surface area contributed by atoms with E-state index in [1.54, 1.807) is 0 Å². The summed E-state index contributed by atoms with van der Waals surface area (Å²) in [6, 6.07) is 0. The lowest BCUT2D eigenvalue weighted by molar-refractivity contribution is -0.167. The molecule has 0 N–H and O–H groups in total. The Labute approximate surface area is 428 Å². The Morgan fingerprint density at radius 3 is 0.899 bits per heavy atom. The largest absolute Gasteiger partial charge is 0.462 e. The molecule has 0 radical (unpaired) electrons. The van der Waals surface area contributed by atoms with E-state index < -0.39 is 6.10 Å². The lowest BCUT2D eigenvalue weighted by Gasteiger charge is -2.18. The Morgan fingerprint density at radius 2 is 0.536 bits per heavy atom. The fourth-order valence-electron chi connectivity index (χ4n) is 8.75. The third-order valence-electron chi connectivity index (χ3n) is 13.3. The number of allylic oxidation sites excluding steroid dienone is 8. The standard InChI is InChI=1S/C63H114O6/c1-4-7-10-13-16-19-22-25-27-29-30-31-32-34-36-39-41-44-47-50-53-56-62(65)68-59-60(69-63(66)57-54-51-48-45-42-37-24-21-18-15-12-9-6-3)58-67-61(64)55-52-49-46-43-40-38-35-33-28-26-23-20-17-14-11-8-5-2/h21,24,26,28,35,38,43,46,60H,4-20,22-23,25,27,29-34,36-37,39-42,44-45,47-59H2,1-3H3/b24-21-,28-26-,38-35-,46-43-/t60-/m1/s1. The van der Waals surface area contributed by atoms with Gasteiger partial charge in [-0.25, -0.2) is 0 Å². The number of carbonyl (C=O) groups excluding carboxylic acids is 3. The lowest BCUT2D eigenvalue weighted by Crippen LogP contribution is -2.30. The molecule has 0 aromatic heterocycles. The molecule has 0 aliphatic rings. The molecule has 0 spiro atoms. The minimum absolute atomic E-state index is 0.0889. The molecule has 1 atom stereocenters. The Morgan fingerprint density at radius 1 is 0.290 bits per heavy atom. The van der Waals surface area contributed by atoms with Gasteiger partial charge in [0.1, 0.15) is 13.2 Å². The van der Waals surface area contributed by atoms with Crippen LogP contribution in [-0.4, -0.2) is 37.2 Å². The van der Waals surface area contributed by atoms with E-state index in [9.17, 15) is 14.4 Å². The Hall–Kier alpha value is -2.63. The van der Waals surface area contributed by atoms with Gasteiger partial charge in [0.2, 0.25) is 0 Å². The van der Waals surface area contributed by atoms with Crippen LogP contribution in [0.2, 0.25) is 0 Å². The van der Waals surface area contributed by atoms with Crippen molar-refractivity contribution in [3.05, 3.63) is 48.6 Å². The summed E-state index contributed by atoms with van der Waals surface area (Å²) >= 11 is 0. The summed E-state index contributed by atoms with van der Waals surface area (Å²) in [4.78, 5) is 38.1. The maximum Gasteiger partial charge on any atom is 0.306 e. The third-order valence-corrected chi connectivity index (χ3v) is 13.3. The van der Waals surface area contributed by atoms with Gasteiger partial charge < -0.3 is 14.2 Å². The molecule has 0 aliphatic carbocycles. The second-order valence-corrected chi connectivity index (χ2v) is 20.3. The number of unbranched alkanes of at least 4 members (excludes halogenated alkanes) is 36. The average molecular weight is 968 g/mol. The van der Waals surface area contributed by atoms with Crippen LogP contribution in [0.25, 0.3) is 0 Å². The van der Waals surface area contributed by atoms with Crippen molar-refractivity contribution in [2.45, 2.75) is 322 Å². The summed E-state index contributed by atoms with van der Waals surface area (Å²) in [5.74, 6) is -0.937. The van der Waals surface area contributed by atoms with Crippen molar-refractivity contribution in [1.82, 2.24) is 0 Å². The monoisotopic (exact) mass is 967 g/mol. The molecule has 0 rings (SSSR count). The zero-order chi connectivity index (χ0) is 50.0. The van der Waals surface area contributed by atoms with E-state index in [1.807, 2.05) is 0 Å². The zero-order valence-electron chi connectivity index (χ0n) is 46.1. The maximum absolute atomic E-state index is 12.8. The first-order valence-corrected chi connectivity index (χ1v) is 30.1. The van der Waals surface area contributed by atoms with E-state index in [1.165, 1.54) is 199 Å². The van der Waals surface area contributed by atoms with Crippen molar-refractivity contribution in [2.24, 2.45) is 0 Å². The highest BCUT2D eigenvalue weighted by atomic mass is 16.6. The Balaban J connectivity index is 4.35. The van der Waals surface area contributed by atoms with Gasteiger partial charge in [0.25, 0.3) is 0 Å². The van der Waals surface area contributed by atoms with E-state index >= 15 is 0 Å². The number of esters is 3. The van der Waals surface area contributed by atoms with E-state index in [2.05, 4.69) is 69.4 Å². The quantitative estimate of drug-likeness (QED) is 0.0262. The van der Waals surface area contributed by atoms with Crippen LogP contribution in [0.15, 0.2) is 48.6 Å². The van der Waals surface area contributed by atoms with Crippen LogP contribution in [0, 0.1) is 0 Å². The van der Waals surface area contributed by atoms with Crippen LogP contribution >= 0.6 is 0 Å². The molecule has 6 heteroatoms. The van der Waals surface area contributed by atoms with Crippen molar-refractivity contribution >= 4 is 17.9 Å². The van der Waals surface area contributed by atoms with Gasteiger partial charge in [-0.15, -0.1) is 0 Å². The fourth-order valence-corrected chi connectivity index (χ4v) is 8.75. The van der Waals surface area contributed by atoms with E-state index in [4.69, 9.17) is 14.2 Å². The van der Waals surface area contributed by atoms with Gasteiger partial charge in [0.05, 0.1) is 0 Å². The van der Waals surface area contributed by atoms with Crippen molar-refractivity contribution in [1.29, 1.82) is 0 Å². The number of carbonyl (C=O) groups is 3. The summed E-state index contributed by atoms with van der Waals surface area (Å²) in [5, 5.41) is 0. The number of hydrogen-bond donors (Lipinski definition) is 0. The van der Waals surface area contributed by atoms with Crippen LogP contribution in [0.5, 0.6) is 0 Å². The molecule has 402 valence electrons. The molecule has 0 unspecified atom stereocenters. The summed E-state index contributed by atoms with van der Waals surface area (Å²) in [7, 11) is 0. The highest BCUT2D eigenvalue weighted by Crippen LogP contribution is 2.17. The Kier molecular flexibility index (Phi) is 55.7. The van der Waals surface area contributed by atoms with Crippen LogP contribution in [0.3, 0.4) is 0 Å². The summed E-state index contributed by atoms with van der Waals surface area (Å²) in [5.41, 5.74) is 0. The second kappa shape index (κ2) is 57.9. The van der Waals surface area contributed by atoms with Crippen LogP contribution in [0.4, 0.5) is 0 Å². The van der Waals surface area contributed by atoms with Crippen molar-refractivity contribution in [3.8, 4) is 0 Å². The van der Waals surface area contributed by atoms with Gasteiger partial charge in [-0.05, 0) is 77.0 Å². The molecule has 0 saturated carbocycles. The van der Waals surface area contributed by atoms with Crippen LogP contribution in [-0.2, 0) is 28.6 Å². The zero-order valence-corrected chi connectivity index (χ0v) is 46.1. The molecule has 0 aliphatic heterocycles. The summed E-state index contributed by atoms with van der Waals surface area (Å²) in [6.45, 7) is 6.61. The van der Waals surface area contributed by atoms with Crippen molar-refractivity contribution in [2.75, 3.05) is 13.2 Å². The van der Waals surface area contributed by atoms with E-state index in [-0.39, 0.29) is 37.5 Å². The highest BCUT2D eigenvalue weighted by molar-refractivity contribution is 5.71. The molecule has 6 nitrogen and oxygen atoms in total. The number of rotatable bonds is 55. The average Bonchev–Trinajstić information content (AvgIpc) is 3.35. The minimum atomic E-state index is -0.795. The SMILES string of the molecule is CCCCCC/C=C\CCCCCCCC(=O)O[C@H](COC(=O)CCC/C=C\C/C=C\C/C=C\CCCCCCCC)COC(=O)CCCCCCCCCCCCCCCCCCCCCCC. The molecular formula is C63H114O6. The molecule has 0 saturated heterocycles. The topological polar surface area (TPSA) is 78.9 Å². The minimum Gasteiger partial charge on any atom is -0.462 e. The maximum atomic E-state index is 12.8. The predicted octanol–water partition coefficient (Wildman–Crippen LogP) is 20.2. The lowest BCUT2D eigenvalue weighted by atomic mass is 10.0. The first kappa shape index (κ1) is 66.4. The first-order chi connectivity index (χ1) is 34.0. The van der Waals surface area contributed by atoms with Crippen molar-refractivity contribution < 1.29 is 28.6 Å². The molecule has 0 bridgehead atoms. The molecule has 0 amide bonds. The van der Waals surface area contributed by atoms with Gasteiger partial charge in [0.15, 0.2) is 6.10 Å². The highest BCUT2D eigenvalue weighted by Gasteiger charge is 2.19. The smallest absolute Gasteiger partial charge is 0.306 e. The van der Waals surface area contributed by atoms with Crippen molar-refractivity contribution in [3.63, 3.8) is 0 Å². The number of ether oxygens (including phenoxy) is 3. The van der Waals surface area contributed by atoms with Gasteiger partial charge in [-0.3, -0.25) is 14.4 Å². The van der Waals surface area contributed by atoms with Gasteiger partial charge >= 0.3 is 17.9 Å². The molecule has 0 aromatic carbocycles. The number of hydrogen-bond acceptors (Lipinski definition) is 6.